The number of rotatable bonds is 4. The van der Waals surface area contributed by atoms with Gasteiger partial charge in [0.05, 0.1) is 38.7 Å². The van der Waals surface area contributed by atoms with Crippen LogP contribution in [-0.4, -0.2) is 32.3 Å². The summed E-state index contributed by atoms with van der Waals surface area (Å²) < 4.78 is 29.8. The number of fused-ring (bicyclic) bond motifs is 5. The van der Waals surface area contributed by atoms with Gasteiger partial charge >= 0.3 is 0 Å². The molecule has 0 saturated heterocycles. The summed E-state index contributed by atoms with van der Waals surface area (Å²) in [6.45, 7) is 0. The highest BCUT2D eigenvalue weighted by Crippen LogP contribution is 2.47. The molecule has 9 rings (SSSR count). The van der Waals surface area contributed by atoms with Gasteiger partial charge in [0.15, 0.2) is 0 Å². The lowest BCUT2D eigenvalue weighted by Gasteiger charge is -2.21. The van der Waals surface area contributed by atoms with Gasteiger partial charge in [-0.2, -0.15) is 0 Å². The number of benzene rings is 3. The molecule has 0 atom stereocenters. The minimum atomic E-state index is -3.84. The second-order valence-electron chi connectivity index (χ2n) is 11.2. The Hall–Kier alpha value is -5.99. The minimum Gasteiger partial charge on any atom is -0.256 e. The molecular weight excluding hydrogens is 591 g/mol. The summed E-state index contributed by atoms with van der Waals surface area (Å²) in [5, 5.41) is 1.68. The number of hydrogen-bond donors (Lipinski definition) is 0. The molecule has 0 aliphatic carbocycles. The van der Waals surface area contributed by atoms with Gasteiger partial charge in [-0.15, -0.1) is 0 Å². The van der Waals surface area contributed by atoms with Crippen molar-refractivity contribution in [3.8, 4) is 56.2 Å². The van der Waals surface area contributed by atoms with Gasteiger partial charge in [0.2, 0.25) is 0 Å². The van der Waals surface area contributed by atoms with Gasteiger partial charge in [-0.1, -0.05) is 42.5 Å². The Kier molecular flexibility index (Phi) is 5.75. The van der Waals surface area contributed by atoms with E-state index in [9.17, 15) is 8.42 Å². The highest BCUT2D eigenvalue weighted by molar-refractivity contribution is 7.90. The third-order valence-electron chi connectivity index (χ3n) is 8.56. The first-order chi connectivity index (χ1) is 22.6. The molecular formula is C38H23N5O2S. The molecule has 46 heavy (non-hydrogen) atoms. The third kappa shape index (κ3) is 4.01. The first-order valence-electron chi connectivity index (χ1n) is 14.8. The van der Waals surface area contributed by atoms with E-state index in [4.69, 9.17) is 4.98 Å². The Balaban J connectivity index is 1.26. The van der Waals surface area contributed by atoms with Crippen molar-refractivity contribution in [2.24, 2.45) is 0 Å². The summed E-state index contributed by atoms with van der Waals surface area (Å²) >= 11 is 0. The molecule has 3 aromatic carbocycles. The molecule has 0 N–H and O–H groups in total. The van der Waals surface area contributed by atoms with Gasteiger partial charge in [-0.05, 0) is 78.4 Å². The molecule has 1 aliphatic rings. The standard InChI is InChI=1S/C38H23N5O2S/c44-46(45)37-10-2-1-7-28(37)30-20-27(33-14-12-26(23-41-33)32-8-3-5-17-39-32)21-31-29-19-24(13-16-36(29)43(46)38(30)31)25-11-15-35(42-22-25)34-9-4-6-18-40-34/h1-23H. The predicted molar refractivity (Wildman–Crippen MR) is 180 cm³/mol. The smallest absolute Gasteiger partial charge is 0.256 e. The highest BCUT2D eigenvalue weighted by atomic mass is 32.2. The van der Waals surface area contributed by atoms with Crippen LogP contribution in [0.25, 0.3) is 78.0 Å². The van der Waals surface area contributed by atoms with Crippen LogP contribution < -0.4 is 0 Å². The van der Waals surface area contributed by atoms with Crippen LogP contribution in [0.2, 0.25) is 0 Å². The molecule has 0 fully saturated rings. The van der Waals surface area contributed by atoms with Crippen LogP contribution in [0.3, 0.4) is 0 Å². The summed E-state index contributed by atoms with van der Waals surface area (Å²) in [7, 11) is -3.84. The van der Waals surface area contributed by atoms with Crippen molar-refractivity contribution < 1.29 is 8.42 Å². The Bertz CT molecular complexity index is 2560. The minimum absolute atomic E-state index is 0.287. The number of hydrogen-bond acceptors (Lipinski definition) is 6. The van der Waals surface area contributed by atoms with E-state index < -0.39 is 10.0 Å². The molecule has 5 aromatic heterocycles. The van der Waals surface area contributed by atoms with Crippen molar-refractivity contribution >= 4 is 31.8 Å². The van der Waals surface area contributed by atoms with Crippen molar-refractivity contribution in [1.82, 2.24) is 23.9 Å². The second-order valence-corrected chi connectivity index (χ2v) is 13.0. The SMILES string of the molecule is O=S1(=O)c2ccccc2-c2cc(-c3ccc(-c4ccccn4)cn3)cc3c4cc(-c5ccc(-c6ccccn6)nc5)ccc4n1c23. The first-order valence-corrected chi connectivity index (χ1v) is 16.2. The van der Waals surface area contributed by atoms with Gasteiger partial charge in [-0.25, -0.2) is 12.4 Å². The summed E-state index contributed by atoms with van der Waals surface area (Å²) in [4.78, 5) is 18.6. The molecule has 0 saturated carbocycles. The maximum Gasteiger partial charge on any atom is 0.269 e. The lowest BCUT2D eigenvalue weighted by Crippen LogP contribution is -2.17. The van der Waals surface area contributed by atoms with Crippen LogP contribution >= 0.6 is 0 Å². The van der Waals surface area contributed by atoms with Gasteiger partial charge in [0.25, 0.3) is 10.0 Å². The predicted octanol–water partition coefficient (Wildman–Crippen LogP) is 8.26. The largest absolute Gasteiger partial charge is 0.269 e. The van der Waals surface area contributed by atoms with Crippen LogP contribution in [0, 0.1) is 0 Å². The average Bonchev–Trinajstić information content (AvgIpc) is 3.46. The second kappa shape index (κ2) is 10.0. The topological polar surface area (TPSA) is 90.6 Å². The highest BCUT2D eigenvalue weighted by Gasteiger charge is 2.33. The summed E-state index contributed by atoms with van der Waals surface area (Å²) in [6, 6.07) is 36.7. The molecule has 6 heterocycles. The Morgan fingerprint density at radius 1 is 0.478 bits per heavy atom. The van der Waals surface area contributed by atoms with Crippen molar-refractivity contribution in [2.75, 3.05) is 0 Å². The van der Waals surface area contributed by atoms with E-state index in [0.29, 0.717) is 16.6 Å². The third-order valence-corrected chi connectivity index (χ3v) is 10.3. The Labute approximate surface area is 264 Å². The molecule has 0 bridgehead atoms. The molecule has 7 nitrogen and oxygen atoms in total. The summed E-state index contributed by atoms with van der Waals surface area (Å²) in [5.41, 5.74) is 9.74. The van der Waals surface area contributed by atoms with E-state index in [1.807, 2.05) is 97.3 Å². The molecule has 218 valence electrons. The van der Waals surface area contributed by atoms with Crippen molar-refractivity contribution in [2.45, 2.75) is 4.90 Å². The maximum absolute atomic E-state index is 14.1. The maximum atomic E-state index is 14.1. The fraction of sp³-hybridized carbons (Fsp3) is 0. The lowest BCUT2D eigenvalue weighted by molar-refractivity contribution is 0.590. The molecule has 1 aliphatic heterocycles. The first kappa shape index (κ1) is 26.4. The Morgan fingerprint density at radius 2 is 1.11 bits per heavy atom. The van der Waals surface area contributed by atoms with Gasteiger partial charge in [0, 0.05) is 63.4 Å². The fourth-order valence-corrected chi connectivity index (χ4v) is 8.14. The summed E-state index contributed by atoms with van der Waals surface area (Å²) in [5.74, 6) is 0. The zero-order valence-corrected chi connectivity index (χ0v) is 25.1. The van der Waals surface area contributed by atoms with Crippen LogP contribution in [0.5, 0.6) is 0 Å². The van der Waals surface area contributed by atoms with Crippen LogP contribution in [-0.2, 0) is 10.0 Å². The molecule has 0 unspecified atom stereocenters. The number of nitrogens with zero attached hydrogens (tertiary/aromatic N) is 5. The molecule has 0 amide bonds. The van der Waals surface area contributed by atoms with E-state index in [1.54, 1.807) is 24.5 Å². The van der Waals surface area contributed by atoms with E-state index in [-0.39, 0.29) is 4.90 Å². The van der Waals surface area contributed by atoms with Gasteiger partial charge in [0.1, 0.15) is 0 Å². The van der Waals surface area contributed by atoms with Crippen molar-refractivity contribution in [3.63, 3.8) is 0 Å². The molecule has 0 radical (unpaired) electrons. The van der Waals surface area contributed by atoms with Crippen LogP contribution in [0.4, 0.5) is 0 Å². The normalized spacial score (nSPS) is 13.1. The van der Waals surface area contributed by atoms with E-state index >= 15 is 0 Å². The van der Waals surface area contributed by atoms with Crippen LogP contribution in [0.15, 0.2) is 145 Å². The molecule has 8 heteroatoms. The molecule has 0 spiro atoms. The Morgan fingerprint density at radius 3 is 1.85 bits per heavy atom. The zero-order valence-electron chi connectivity index (χ0n) is 24.2. The lowest BCUT2D eigenvalue weighted by atomic mass is 9.96. The summed E-state index contributed by atoms with van der Waals surface area (Å²) in [6.07, 6.45) is 7.18. The zero-order chi connectivity index (χ0) is 30.8. The van der Waals surface area contributed by atoms with E-state index in [1.165, 1.54) is 3.97 Å². The van der Waals surface area contributed by atoms with E-state index in [2.05, 4.69) is 33.2 Å². The van der Waals surface area contributed by atoms with Crippen molar-refractivity contribution in [3.05, 3.63) is 140 Å². The van der Waals surface area contributed by atoms with Gasteiger partial charge < -0.3 is 0 Å². The monoisotopic (exact) mass is 613 g/mol. The quantitative estimate of drug-likeness (QED) is 0.199. The van der Waals surface area contributed by atoms with Gasteiger partial charge in [-0.3, -0.25) is 19.9 Å². The fourth-order valence-electron chi connectivity index (χ4n) is 6.38. The van der Waals surface area contributed by atoms with Crippen molar-refractivity contribution in [1.29, 1.82) is 0 Å². The number of aromatic nitrogens is 5. The number of pyridine rings is 4. The average molecular weight is 614 g/mol. The van der Waals surface area contributed by atoms with Crippen LogP contribution in [0.1, 0.15) is 0 Å². The van der Waals surface area contributed by atoms with E-state index in [0.717, 1.165) is 61.4 Å². The molecule has 8 aromatic rings.